The number of ether oxygens (including phenoxy) is 1. The Morgan fingerprint density at radius 1 is 1.03 bits per heavy atom. The third kappa shape index (κ3) is 6.96. The molecule has 0 spiro atoms. The third-order valence-corrected chi connectivity index (χ3v) is 6.09. The molecule has 1 heterocycles. The largest absolute Gasteiger partial charge is 0.451 e. The van der Waals surface area contributed by atoms with Gasteiger partial charge in [-0.05, 0) is 55.0 Å². The van der Waals surface area contributed by atoms with E-state index in [1.54, 1.807) is 0 Å². The van der Waals surface area contributed by atoms with Crippen molar-refractivity contribution in [1.82, 2.24) is 9.88 Å². The van der Waals surface area contributed by atoms with Crippen LogP contribution in [0.15, 0.2) is 72.3 Å². The number of esters is 1. The monoisotopic (exact) mass is 483 g/mol. The van der Waals surface area contributed by atoms with Crippen LogP contribution >= 0.6 is 0 Å². The molecule has 6 heteroatoms. The minimum absolute atomic E-state index is 0.144. The quantitative estimate of drug-likeness (QED) is 0.234. The molecule has 186 valence electrons. The molecule has 0 saturated carbocycles. The number of amides is 1. The molecule has 0 unspecified atom stereocenters. The molecule has 0 aliphatic heterocycles. The van der Waals surface area contributed by atoms with Crippen molar-refractivity contribution >= 4 is 18.0 Å². The fourth-order valence-electron chi connectivity index (χ4n) is 4.06. The molecule has 0 aliphatic rings. The molecule has 2 aromatic carbocycles. The molecule has 0 fully saturated rings. The first kappa shape index (κ1) is 26.5. The summed E-state index contributed by atoms with van der Waals surface area (Å²) in [7, 11) is 0. The first-order valence-electron chi connectivity index (χ1n) is 12.1. The van der Waals surface area contributed by atoms with E-state index in [2.05, 4.69) is 23.7 Å². The normalized spacial score (nSPS) is 11.4. The average molecular weight is 484 g/mol. The lowest BCUT2D eigenvalue weighted by atomic mass is 9.99. The molecule has 3 aromatic rings. The smallest absolute Gasteiger partial charge is 0.349 e. The van der Waals surface area contributed by atoms with Crippen molar-refractivity contribution < 1.29 is 14.3 Å². The first-order chi connectivity index (χ1) is 17.3. The Morgan fingerprint density at radius 3 is 2.14 bits per heavy atom. The highest BCUT2D eigenvalue weighted by Gasteiger charge is 2.19. The highest BCUT2D eigenvalue weighted by atomic mass is 16.5. The number of nitrogens with zero attached hydrogens (tertiary/aromatic N) is 2. The summed E-state index contributed by atoms with van der Waals surface area (Å²) in [6, 6.07) is 22.6. The molecule has 6 nitrogen and oxygen atoms in total. The van der Waals surface area contributed by atoms with Gasteiger partial charge in [-0.25, -0.2) is 4.79 Å². The van der Waals surface area contributed by atoms with E-state index in [-0.39, 0.29) is 11.6 Å². The highest BCUT2D eigenvalue weighted by Crippen LogP contribution is 2.22. The van der Waals surface area contributed by atoms with Crippen molar-refractivity contribution in [3.05, 3.63) is 100 Å². The lowest BCUT2D eigenvalue weighted by Gasteiger charge is -2.19. The van der Waals surface area contributed by atoms with E-state index < -0.39 is 18.5 Å². The van der Waals surface area contributed by atoms with Crippen molar-refractivity contribution in [1.29, 1.82) is 5.26 Å². The molecule has 0 atom stereocenters. The minimum atomic E-state index is -0.824. The van der Waals surface area contributed by atoms with E-state index in [0.717, 1.165) is 41.0 Å². The molecule has 1 amide bonds. The second kappa shape index (κ2) is 12.6. The molecule has 0 saturated heterocycles. The molecule has 1 N–H and O–H groups in total. The van der Waals surface area contributed by atoms with E-state index in [4.69, 9.17) is 4.74 Å². The summed E-state index contributed by atoms with van der Waals surface area (Å²) in [5.41, 5.74) is 4.52. The van der Waals surface area contributed by atoms with Gasteiger partial charge >= 0.3 is 5.97 Å². The summed E-state index contributed by atoms with van der Waals surface area (Å²) in [5, 5.41) is 12.5. The molecule has 0 radical (unpaired) electrons. The van der Waals surface area contributed by atoms with Crippen molar-refractivity contribution in [2.45, 2.75) is 46.7 Å². The number of aryl methyl sites for hydroxylation is 1. The Kier molecular flexibility index (Phi) is 9.24. The summed E-state index contributed by atoms with van der Waals surface area (Å²) in [5.74, 6) is -0.704. The van der Waals surface area contributed by atoms with Crippen LogP contribution in [0.5, 0.6) is 0 Å². The number of hydrogen-bond donors (Lipinski definition) is 1. The fourth-order valence-corrected chi connectivity index (χ4v) is 4.06. The summed E-state index contributed by atoms with van der Waals surface area (Å²) in [4.78, 5) is 25.3. The predicted molar refractivity (Wildman–Crippen MR) is 141 cm³/mol. The minimum Gasteiger partial charge on any atom is -0.451 e. The summed E-state index contributed by atoms with van der Waals surface area (Å²) in [6.45, 7) is 8.73. The first-order valence-corrected chi connectivity index (χ1v) is 12.1. The topological polar surface area (TPSA) is 84.1 Å². The summed E-state index contributed by atoms with van der Waals surface area (Å²) >= 11 is 0. The molecule has 0 aliphatic carbocycles. The Bertz CT molecular complexity index is 1210. The Balaban J connectivity index is 1.68. The SMILES string of the molecule is Cc1cc(/C=C(/C#N)C(=O)OCC(=O)NC(c2ccccc2)c2ccccc2)c(C)n1CCC(C)C. The standard InChI is InChI=1S/C30H33N3O3/c1-21(2)15-16-33-22(3)17-26(23(33)4)18-27(19-31)30(35)36-20-28(34)32-29(24-11-7-5-8-12-24)25-13-9-6-10-14-25/h5-14,17-18,21,29H,15-16,20H2,1-4H3,(H,32,34)/b27-18-. The van der Waals surface area contributed by atoms with Crippen LogP contribution < -0.4 is 5.32 Å². The van der Waals surface area contributed by atoms with Crippen molar-refractivity contribution in [3.8, 4) is 6.07 Å². The van der Waals surface area contributed by atoms with Crippen LogP contribution in [-0.4, -0.2) is 23.1 Å². The van der Waals surface area contributed by atoms with Gasteiger partial charge in [-0.1, -0.05) is 74.5 Å². The van der Waals surface area contributed by atoms with Gasteiger partial charge in [0.25, 0.3) is 5.91 Å². The zero-order chi connectivity index (χ0) is 26.1. The lowest BCUT2D eigenvalue weighted by Crippen LogP contribution is -2.33. The van der Waals surface area contributed by atoms with Gasteiger partial charge in [0.05, 0.1) is 6.04 Å². The summed E-state index contributed by atoms with van der Waals surface area (Å²) < 4.78 is 7.40. The van der Waals surface area contributed by atoms with Crippen LogP contribution in [-0.2, 0) is 20.9 Å². The van der Waals surface area contributed by atoms with Crippen LogP contribution in [0.2, 0.25) is 0 Å². The van der Waals surface area contributed by atoms with Gasteiger partial charge in [-0.2, -0.15) is 5.26 Å². The molecular weight excluding hydrogens is 450 g/mol. The molecule has 36 heavy (non-hydrogen) atoms. The Morgan fingerprint density at radius 2 is 1.61 bits per heavy atom. The van der Waals surface area contributed by atoms with Crippen LogP contribution in [0.25, 0.3) is 6.08 Å². The van der Waals surface area contributed by atoms with Crippen LogP contribution in [0.1, 0.15) is 54.4 Å². The number of nitrogens with one attached hydrogen (secondary N) is 1. The molecular formula is C30H33N3O3. The van der Waals surface area contributed by atoms with Crippen molar-refractivity contribution in [2.24, 2.45) is 5.92 Å². The van der Waals surface area contributed by atoms with E-state index in [1.165, 1.54) is 6.08 Å². The van der Waals surface area contributed by atoms with E-state index in [1.807, 2.05) is 86.6 Å². The van der Waals surface area contributed by atoms with E-state index in [9.17, 15) is 14.9 Å². The van der Waals surface area contributed by atoms with Gasteiger partial charge in [0, 0.05) is 17.9 Å². The number of hydrogen-bond acceptors (Lipinski definition) is 4. The number of benzene rings is 2. The highest BCUT2D eigenvalue weighted by molar-refractivity contribution is 5.99. The lowest BCUT2D eigenvalue weighted by molar-refractivity contribution is -0.144. The van der Waals surface area contributed by atoms with E-state index >= 15 is 0 Å². The number of carbonyl (C=O) groups is 2. The van der Waals surface area contributed by atoms with Gasteiger partial charge < -0.3 is 14.6 Å². The fraction of sp³-hybridized carbons (Fsp3) is 0.300. The van der Waals surface area contributed by atoms with Crippen molar-refractivity contribution in [2.75, 3.05) is 6.61 Å². The van der Waals surface area contributed by atoms with Crippen molar-refractivity contribution in [3.63, 3.8) is 0 Å². The maximum atomic E-state index is 12.7. The van der Waals surface area contributed by atoms with Crippen LogP contribution in [0.3, 0.4) is 0 Å². The number of rotatable bonds is 10. The van der Waals surface area contributed by atoms with E-state index in [0.29, 0.717) is 5.92 Å². The number of carbonyl (C=O) groups excluding carboxylic acids is 2. The van der Waals surface area contributed by atoms with Crippen LogP contribution in [0.4, 0.5) is 0 Å². The summed E-state index contributed by atoms with van der Waals surface area (Å²) in [6.07, 6.45) is 2.57. The maximum Gasteiger partial charge on any atom is 0.349 e. The molecule has 0 bridgehead atoms. The zero-order valence-electron chi connectivity index (χ0n) is 21.3. The van der Waals surface area contributed by atoms with Gasteiger partial charge in [0.15, 0.2) is 6.61 Å². The van der Waals surface area contributed by atoms with Gasteiger partial charge in [-0.15, -0.1) is 0 Å². The molecule has 1 aromatic heterocycles. The zero-order valence-corrected chi connectivity index (χ0v) is 21.3. The maximum absolute atomic E-state index is 12.7. The number of nitriles is 1. The third-order valence-electron chi connectivity index (χ3n) is 6.09. The Labute approximate surface area is 213 Å². The Hall–Kier alpha value is -4.11. The number of aromatic nitrogens is 1. The van der Waals surface area contributed by atoms with Gasteiger partial charge in [0.1, 0.15) is 11.6 Å². The van der Waals surface area contributed by atoms with Gasteiger partial charge in [-0.3, -0.25) is 4.79 Å². The second-order valence-electron chi connectivity index (χ2n) is 9.23. The van der Waals surface area contributed by atoms with Gasteiger partial charge in [0.2, 0.25) is 0 Å². The predicted octanol–water partition coefficient (Wildman–Crippen LogP) is 5.51. The molecule has 3 rings (SSSR count). The average Bonchev–Trinajstić information content (AvgIpc) is 3.15. The second-order valence-corrected chi connectivity index (χ2v) is 9.23. The van der Waals surface area contributed by atoms with Crippen LogP contribution in [0, 0.1) is 31.1 Å².